The summed E-state index contributed by atoms with van der Waals surface area (Å²) in [6, 6.07) is 13.5. The Balaban J connectivity index is 1.66. The summed E-state index contributed by atoms with van der Waals surface area (Å²) in [4.78, 5) is 31.0. The van der Waals surface area contributed by atoms with E-state index in [4.69, 9.17) is 9.47 Å². The van der Waals surface area contributed by atoms with Crippen molar-refractivity contribution >= 4 is 23.2 Å². The van der Waals surface area contributed by atoms with Gasteiger partial charge in [0.05, 0.1) is 20.8 Å². The molecular formula is C28H31FN6O4S. The van der Waals surface area contributed by atoms with E-state index in [2.05, 4.69) is 20.7 Å². The van der Waals surface area contributed by atoms with Crippen LogP contribution < -0.4 is 14.8 Å². The number of halogens is 1. The van der Waals surface area contributed by atoms with Gasteiger partial charge in [0, 0.05) is 16.0 Å². The van der Waals surface area contributed by atoms with Gasteiger partial charge in [0.2, 0.25) is 17.6 Å². The molecular weight excluding hydrogens is 535 g/mol. The third-order valence-corrected chi connectivity index (χ3v) is 6.70. The van der Waals surface area contributed by atoms with Crippen molar-refractivity contribution in [3.63, 3.8) is 0 Å². The molecule has 2 aromatic carbocycles. The van der Waals surface area contributed by atoms with Gasteiger partial charge >= 0.3 is 0 Å². The quantitative estimate of drug-likeness (QED) is 0.306. The Bertz CT molecular complexity index is 1450. The van der Waals surface area contributed by atoms with Crippen molar-refractivity contribution in [3.8, 4) is 22.9 Å². The molecule has 40 heavy (non-hydrogen) atoms. The molecule has 0 spiro atoms. The number of amides is 2. The van der Waals surface area contributed by atoms with Gasteiger partial charge in [0.25, 0.3) is 0 Å². The van der Waals surface area contributed by atoms with Crippen molar-refractivity contribution in [3.05, 3.63) is 76.2 Å². The molecule has 1 atom stereocenters. The number of carbonyl (C=O) groups excluding carboxylic acids is 2. The molecule has 210 valence electrons. The van der Waals surface area contributed by atoms with Gasteiger partial charge in [-0.1, -0.05) is 18.2 Å². The SMILES string of the molecule is COc1ccc(-c2nnn(CC(=O)N(Cc3cccs3)C(C(=O)NC(C)(C)C)c3ccc(F)cc3)n2)cc1OC. The summed E-state index contributed by atoms with van der Waals surface area (Å²) < 4.78 is 24.4. The number of hydrogen-bond acceptors (Lipinski definition) is 8. The lowest BCUT2D eigenvalue weighted by Crippen LogP contribution is -2.49. The zero-order valence-electron chi connectivity index (χ0n) is 22.9. The summed E-state index contributed by atoms with van der Waals surface area (Å²) >= 11 is 1.46. The Morgan fingerprint density at radius 3 is 2.42 bits per heavy atom. The normalized spacial score (nSPS) is 12.1. The van der Waals surface area contributed by atoms with Crippen LogP contribution in [-0.2, 0) is 22.7 Å². The van der Waals surface area contributed by atoms with Gasteiger partial charge in [-0.2, -0.15) is 4.80 Å². The zero-order valence-corrected chi connectivity index (χ0v) is 23.7. The highest BCUT2D eigenvalue weighted by molar-refractivity contribution is 7.09. The fourth-order valence-corrected chi connectivity index (χ4v) is 4.77. The minimum absolute atomic E-state index is 0.160. The van der Waals surface area contributed by atoms with Gasteiger partial charge in [-0.15, -0.1) is 21.5 Å². The van der Waals surface area contributed by atoms with E-state index in [0.717, 1.165) is 4.88 Å². The summed E-state index contributed by atoms with van der Waals surface area (Å²) in [6.45, 7) is 5.45. The van der Waals surface area contributed by atoms with Gasteiger partial charge in [0.1, 0.15) is 18.4 Å². The number of methoxy groups -OCH3 is 2. The lowest BCUT2D eigenvalue weighted by Gasteiger charge is -2.33. The number of benzene rings is 2. The largest absolute Gasteiger partial charge is 0.493 e. The molecule has 2 amide bonds. The van der Waals surface area contributed by atoms with Crippen molar-refractivity contribution in [2.45, 2.75) is 45.4 Å². The Morgan fingerprint density at radius 1 is 1.07 bits per heavy atom. The van der Waals surface area contributed by atoms with Gasteiger partial charge in [-0.05, 0) is 73.3 Å². The second-order valence-corrected chi connectivity index (χ2v) is 11.0. The van der Waals surface area contributed by atoms with E-state index < -0.39 is 23.3 Å². The molecule has 0 bridgehead atoms. The van der Waals surface area contributed by atoms with Crippen LogP contribution in [0.15, 0.2) is 60.0 Å². The summed E-state index contributed by atoms with van der Waals surface area (Å²) in [6.07, 6.45) is 0. The second kappa shape index (κ2) is 12.2. The van der Waals surface area contributed by atoms with Crippen LogP contribution in [0.5, 0.6) is 11.5 Å². The second-order valence-electron chi connectivity index (χ2n) is 10.0. The number of ether oxygens (including phenoxy) is 2. The molecule has 0 saturated heterocycles. The maximum Gasteiger partial charge on any atom is 0.247 e. The smallest absolute Gasteiger partial charge is 0.247 e. The van der Waals surface area contributed by atoms with Crippen LogP contribution in [0.3, 0.4) is 0 Å². The summed E-state index contributed by atoms with van der Waals surface area (Å²) in [5.74, 6) is 0.105. The number of aromatic nitrogens is 4. The molecule has 0 saturated carbocycles. The minimum atomic E-state index is -1.02. The van der Waals surface area contributed by atoms with Crippen molar-refractivity contribution in [1.29, 1.82) is 0 Å². The van der Waals surface area contributed by atoms with Crippen molar-refractivity contribution in [2.75, 3.05) is 14.2 Å². The third-order valence-electron chi connectivity index (χ3n) is 5.84. The zero-order chi connectivity index (χ0) is 28.9. The van der Waals surface area contributed by atoms with E-state index in [1.165, 1.54) is 52.4 Å². The van der Waals surface area contributed by atoms with E-state index in [9.17, 15) is 14.0 Å². The minimum Gasteiger partial charge on any atom is -0.493 e. The molecule has 10 nitrogen and oxygen atoms in total. The first-order valence-corrected chi connectivity index (χ1v) is 13.4. The Labute approximate surface area is 235 Å². The van der Waals surface area contributed by atoms with Crippen LogP contribution >= 0.6 is 11.3 Å². The molecule has 0 aliphatic heterocycles. The summed E-state index contributed by atoms with van der Waals surface area (Å²) in [5, 5.41) is 17.4. The summed E-state index contributed by atoms with van der Waals surface area (Å²) in [5.41, 5.74) is 0.542. The van der Waals surface area contributed by atoms with E-state index in [0.29, 0.717) is 28.5 Å². The highest BCUT2D eigenvalue weighted by Crippen LogP contribution is 2.31. The van der Waals surface area contributed by atoms with Gasteiger partial charge < -0.3 is 19.7 Å². The van der Waals surface area contributed by atoms with E-state index in [-0.39, 0.29) is 19.0 Å². The predicted molar refractivity (Wildman–Crippen MR) is 148 cm³/mol. The van der Waals surface area contributed by atoms with E-state index in [1.54, 1.807) is 25.3 Å². The first-order chi connectivity index (χ1) is 19.1. The monoisotopic (exact) mass is 566 g/mol. The van der Waals surface area contributed by atoms with E-state index >= 15 is 0 Å². The molecule has 4 aromatic rings. The molecule has 0 aliphatic carbocycles. The van der Waals surface area contributed by atoms with Gasteiger partial charge in [0.15, 0.2) is 11.5 Å². The van der Waals surface area contributed by atoms with Crippen molar-refractivity contribution in [2.24, 2.45) is 0 Å². The fourth-order valence-electron chi connectivity index (χ4n) is 4.06. The Morgan fingerprint density at radius 2 is 1.80 bits per heavy atom. The van der Waals surface area contributed by atoms with Gasteiger partial charge in [-0.3, -0.25) is 9.59 Å². The van der Waals surface area contributed by atoms with Crippen LogP contribution in [0.1, 0.15) is 37.3 Å². The number of nitrogens with one attached hydrogen (secondary N) is 1. The highest BCUT2D eigenvalue weighted by Gasteiger charge is 2.34. The predicted octanol–water partition coefficient (Wildman–Crippen LogP) is 4.24. The van der Waals surface area contributed by atoms with Crippen molar-refractivity contribution in [1.82, 2.24) is 30.4 Å². The molecule has 2 aromatic heterocycles. The number of thiophene rings is 1. The van der Waals surface area contributed by atoms with Crippen LogP contribution in [0.4, 0.5) is 4.39 Å². The van der Waals surface area contributed by atoms with E-state index in [1.807, 2.05) is 38.3 Å². The molecule has 0 aliphatic rings. The van der Waals surface area contributed by atoms with Gasteiger partial charge in [-0.25, -0.2) is 4.39 Å². The first-order valence-electron chi connectivity index (χ1n) is 12.5. The fraction of sp³-hybridized carbons (Fsp3) is 0.321. The van der Waals surface area contributed by atoms with Crippen LogP contribution in [0.25, 0.3) is 11.4 Å². The van der Waals surface area contributed by atoms with Crippen LogP contribution in [0, 0.1) is 5.82 Å². The topological polar surface area (TPSA) is 111 Å². The van der Waals surface area contributed by atoms with Crippen LogP contribution in [-0.4, -0.2) is 56.7 Å². The Hall–Kier alpha value is -4.32. The average molecular weight is 567 g/mol. The lowest BCUT2D eigenvalue weighted by molar-refractivity contribution is -0.143. The highest BCUT2D eigenvalue weighted by atomic mass is 32.1. The molecule has 0 fully saturated rings. The summed E-state index contributed by atoms with van der Waals surface area (Å²) in [7, 11) is 3.07. The molecule has 12 heteroatoms. The Kier molecular flexibility index (Phi) is 8.78. The maximum atomic E-state index is 13.8. The average Bonchev–Trinajstić information content (AvgIpc) is 3.60. The third kappa shape index (κ3) is 7.00. The number of tetrazole rings is 1. The number of carbonyl (C=O) groups is 2. The molecule has 2 heterocycles. The maximum absolute atomic E-state index is 13.8. The lowest BCUT2D eigenvalue weighted by atomic mass is 10.0. The molecule has 4 rings (SSSR count). The molecule has 1 unspecified atom stereocenters. The standard InChI is InChI=1S/C28H31FN6O4S/c1-28(2,3)30-27(37)25(18-8-11-20(29)12-9-18)34(16-21-7-6-14-40-21)24(36)17-35-32-26(31-33-35)19-10-13-22(38-4)23(15-19)39-5/h6-15,25H,16-17H2,1-5H3,(H,30,37). The number of hydrogen-bond donors (Lipinski definition) is 1. The number of rotatable bonds is 10. The van der Waals surface area contributed by atoms with Crippen molar-refractivity contribution < 1.29 is 23.5 Å². The molecule has 1 N–H and O–H groups in total. The molecule has 0 radical (unpaired) electrons. The number of nitrogens with zero attached hydrogens (tertiary/aromatic N) is 5. The first kappa shape index (κ1) is 28.7. The van der Waals surface area contributed by atoms with Crippen LogP contribution in [0.2, 0.25) is 0 Å².